The van der Waals surface area contributed by atoms with E-state index in [0.717, 1.165) is 305 Å². The van der Waals surface area contributed by atoms with Crippen molar-refractivity contribution in [3.63, 3.8) is 0 Å². The SMILES string of the molecule is CCCCN(c1nc(CCCCC(CCCCc2nc(N(CCCC)C3CC(C)(C)NC(C)(C)C3)nc(N(CCCC)C3CC(C)(C)NC(C)(C)C3)n2)CNc2nc(N(CCCC)C3CC(C)(C)CC(C)(C)C3)nc(N(CCCC)C3CC(C)(C)CC(C)(C)C3)n2)nc(N(CCCC)C2CC(C)(C)NC(C)(C)C2)n1)C1CC(C)(C)NC(C)(C)C1. The van der Waals surface area contributed by atoms with Crippen molar-refractivity contribution in [1.82, 2.24) is 66.1 Å². The summed E-state index contributed by atoms with van der Waals surface area (Å²) in [7, 11) is 0. The van der Waals surface area contributed by atoms with Crippen molar-refractivity contribution in [3.8, 4) is 0 Å². The smallest absolute Gasteiger partial charge is 0.232 e. The van der Waals surface area contributed by atoms with Crippen molar-refractivity contribution in [2.24, 2.45) is 27.6 Å². The van der Waals surface area contributed by atoms with Gasteiger partial charge in [-0.05, 0) is 292 Å². The first kappa shape index (κ1) is 98.3. The Kier molecular flexibility index (Phi) is 33.4. The third-order valence-corrected chi connectivity index (χ3v) is 27.4. The number of aryl methyl sites for hydroxylation is 2. The Morgan fingerprint density at radius 2 is 0.471 bits per heavy atom. The normalized spacial score (nSPS) is 22.7. The van der Waals surface area contributed by atoms with Gasteiger partial charge in [0.25, 0.3) is 0 Å². The van der Waals surface area contributed by atoms with E-state index < -0.39 is 0 Å². The van der Waals surface area contributed by atoms with Crippen LogP contribution in [0.2, 0.25) is 0 Å². The van der Waals surface area contributed by atoms with Crippen molar-refractivity contribution < 1.29 is 0 Å². The summed E-state index contributed by atoms with van der Waals surface area (Å²) in [6.07, 6.45) is 35.9. The Bertz CT molecular complexity index is 3150. The monoisotopic (exact) mass is 1650 g/mol. The summed E-state index contributed by atoms with van der Waals surface area (Å²) in [5, 5.41) is 20.2. The predicted octanol–water partition coefficient (Wildman–Crippen LogP) is 22.2. The van der Waals surface area contributed by atoms with E-state index in [0.29, 0.717) is 18.0 Å². The van der Waals surface area contributed by atoms with Gasteiger partial charge in [0.2, 0.25) is 41.6 Å². The third kappa shape index (κ3) is 29.5. The molecule has 4 saturated heterocycles. The first-order chi connectivity index (χ1) is 55.4. The Morgan fingerprint density at radius 3 is 0.681 bits per heavy atom. The van der Waals surface area contributed by atoms with Gasteiger partial charge in [0, 0.05) is 139 Å². The molecule has 5 N–H and O–H groups in total. The van der Waals surface area contributed by atoms with Gasteiger partial charge < -0.3 is 56.0 Å². The van der Waals surface area contributed by atoms with Crippen molar-refractivity contribution in [3.05, 3.63) is 11.6 Å². The second kappa shape index (κ2) is 40.4. The summed E-state index contributed by atoms with van der Waals surface area (Å²) in [6.45, 7) is 78.5. The van der Waals surface area contributed by atoms with Crippen molar-refractivity contribution in [1.29, 1.82) is 0 Å². The lowest BCUT2D eigenvalue weighted by Crippen LogP contribution is -2.63. The molecule has 4 aliphatic heterocycles. The standard InChI is InChI=1S/C99H184N20/c1-31-37-51-114(73-57-88(7,8)70-89(9,10)58-73)86-105-81(106-87(109-86)115(52-38-32-2)74-59-90(11,12)71-91(13,14)60-74)100-69-72(47-43-45-49-79-101-82(116(53-39-33-3)75-61-92(15,16)110-93(17,18)62-75)107-83(102-79)117(54-40-34-4)76-63-94(19,20)111-95(21,22)64-76)48-44-46-50-80-103-84(118(55-41-35-5)77-65-96(23,24)112-97(25,26)66-77)108-85(104-80)119(56-42-36-6)78-67-98(27,28)113-99(29,30)68-78/h72-78,110-113H,31-71H2,1-30H3,(H,100,105,106,109). The maximum absolute atomic E-state index is 5.80. The molecule has 0 unspecified atom stereocenters. The van der Waals surface area contributed by atoms with Gasteiger partial charge in [0.05, 0.1) is 0 Å². The maximum atomic E-state index is 5.80. The predicted molar refractivity (Wildman–Crippen MR) is 508 cm³/mol. The summed E-state index contributed by atoms with van der Waals surface area (Å²) in [5.74, 6) is 8.09. The highest BCUT2D eigenvalue weighted by Gasteiger charge is 2.49. The van der Waals surface area contributed by atoms with Gasteiger partial charge >= 0.3 is 0 Å². The lowest BCUT2D eigenvalue weighted by atomic mass is 9.63. The van der Waals surface area contributed by atoms with Crippen LogP contribution in [0.3, 0.4) is 0 Å². The van der Waals surface area contributed by atoms with Crippen LogP contribution in [0.25, 0.3) is 0 Å². The number of nitrogens with zero attached hydrogens (tertiary/aromatic N) is 15. The molecule has 0 amide bonds. The summed E-state index contributed by atoms with van der Waals surface area (Å²) in [4.78, 5) is 67.4. The Balaban J connectivity index is 1.12. The molecule has 0 spiro atoms. The minimum Gasteiger partial charge on any atom is -0.354 e. The van der Waals surface area contributed by atoms with Gasteiger partial charge in [-0.2, -0.15) is 44.9 Å². The fourth-order valence-corrected chi connectivity index (χ4v) is 24.9. The highest BCUT2D eigenvalue weighted by atomic mass is 15.4. The zero-order chi connectivity index (χ0) is 87.6. The minimum atomic E-state index is -0.0398. The van der Waals surface area contributed by atoms with E-state index in [2.05, 4.69) is 264 Å². The first-order valence-electron chi connectivity index (χ1n) is 49.1. The average Bonchev–Trinajstić information content (AvgIpc) is 0.782. The molecule has 0 bridgehead atoms. The quantitative estimate of drug-likeness (QED) is 0.0335. The first-order valence-corrected chi connectivity index (χ1v) is 49.1. The number of rotatable bonds is 43. The van der Waals surface area contributed by atoms with Gasteiger partial charge in [0.15, 0.2) is 0 Å². The number of hydrogen-bond acceptors (Lipinski definition) is 20. The van der Waals surface area contributed by atoms with Crippen molar-refractivity contribution >= 4 is 41.6 Å². The largest absolute Gasteiger partial charge is 0.354 e. The molecular formula is C99H184N20. The van der Waals surface area contributed by atoms with E-state index in [9.17, 15) is 0 Å². The van der Waals surface area contributed by atoms with Crippen LogP contribution in [-0.4, -0.2) is 171 Å². The molecule has 20 nitrogen and oxygen atoms in total. The Morgan fingerprint density at radius 1 is 0.269 bits per heavy atom. The van der Waals surface area contributed by atoms with Crippen LogP contribution in [0.4, 0.5) is 41.6 Å². The van der Waals surface area contributed by atoms with Gasteiger partial charge in [-0.3, -0.25) is 0 Å². The zero-order valence-electron chi connectivity index (χ0n) is 82.7. The second-order valence-corrected chi connectivity index (χ2v) is 47.9. The van der Waals surface area contributed by atoms with Crippen LogP contribution in [0, 0.1) is 27.6 Å². The number of anilines is 7. The Labute approximate surface area is 730 Å². The third-order valence-electron chi connectivity index (χ3n) is 27.4. The van der Waals surface area contributed by atoms with Crippen LogP contribution in [0.5, 0.6) is 0 Å². The van der Waals surface area contributed by atoms with E-state index in [1.54, 1.807) is 0 Å². The molecule has 7 heterocycles. The maximum Gasteiger partial charge on any atom is 0.232 e. The number of unbranched alkanes of at least 4 members (excludes halogenated alkanes) is 8. The van der Waals surface area contributed by atoms with Crippen LogP contribution in [0.1, 0.15) is 425 Å². The molecule has 20 heteroatoms. The molecule has 0 aromatic carbocycles. The lowest BCUT2D eigenvalue weighted by molar-refractivity contribution is 0.0943. The molecule has 119 heavy (non-hydrogen) atoms. The van der Waals surface area contributed by atoms with Crippen molar-refractivity contribution in [2.75, 3.05) is 80.5 Å². The fraction of sp³-hybridized carbons (Fsp3) is 0.909. The summed E-state index contributed by atoms with van der Waals surface area (Å²) >= 11 is 0. The fourth-order valence-electron chi connectivity index (χ4n) is 24.9. The number of aromatic nitrogens is 9. The molecule has 0 atom stereocenters. The Hall–Kier alpha value is -4.53. The van der Waals surface area contributed by atoms with Crippen LogP contribution in [-0.2, 0) is 12.8 Å². The van der Waals surface area contributed by atoms with Gasteiger partial charge in [-0.25, -0.2) is 0 Å². The zero-order valence-corrected chi connectivity index (χ0v) is 82.7. The molecule has 6 fully saturated rings. The molecule has 9 rings (SSSR count). The van der Waals surface area contributed by atoms with Crippen molar-refractivity contribution in [2.45, 2.75) is 507 Å². The molecule has 3 aromatic rings. The summed E-state index contributed by atoms with van der Waals surface area (Å²) in [6, 6.07) is 1.78. The minimum absolute atomic E-state index is 0.0398. The number of hydrogen-bond donors (Lipinski definition) is 5. The van der Waals surface area contributed by atoms with Gasteiger partial charge in [-0.15, -0.1) is 0 Å². The van der Waals surface area contributed by atoms with E-state index in [-0.39, 0.29) is 90.1 Å². The highest BCUT2D eigenvalue weighted by Crippen LogP contribution is 2.51. The number of nitrogens with one attached hydrogen (secondary N) is 5. The van der Waals surface area contributed by atoms with E-state index in [4.69, 9.17) is 44.9 Å². The highest BCUT2D eigenvalue weighted by molar-refractivity contribution is 5.49. The molecule has 6 aliphatic rings. The average molecular weight is 1650 g/mol. The number of piperidine rings is 4. The topological polar surface area (TPSA) is 196 Å². The summed E-state index contributed by atoms with van der Waals surface area (Å²) < 4.78 is 0. The van der Waals surface area contributed by atoms with Gasteiger partial charge in [0.1, 0.15) is 11.6 Å². The second-order valence-electron chi connectivity index (χ2n) is 47.9. The van der Waals surface area contributed by atoms with Crippen LogP contribution >= 0.6 is 0 Å². The molecular weight excluding hydrogens is 1470 g/mol. The van der Waals surface area contributed by atoms with Crippen LogP contribution < -0.4 is 56.0 Å². The summed E-state index contributed by atoms with van der Waals surface area (Å²) in [5.41, 5.74) is 0.446. The van der Waals surface area contributed by atoms with E-state index >= 15 is 0 Å². The van der Waals surface area contributed by atoms with E-state index in [1.807, 2.05) is 0 Å². The molecule has 3 aromatic heterocycles. The molecule has 2 aliphatic carbocycles. The van der Waals surface area contributed by atoms with Crippen LogP contribution in [0.15, 0.2) is 0 Å². The van der Waals surface area contributed by atoms with Gasteiger partial charge in [-0.1, -0.05) is 148 Å². The van der Waals surface area contributed by atoms with E-state index in [1.165, 1.54) is 12.8 Å². The molecule has 2 saturated carbocycles. The molecule has 680 valence electrons. The molecule has 0 radical (unpaired) electrons. The lowest BCUT2D eigenvalue weighted by Gasteiger charge is -2.50.